The van der Waals surface area contributed by atoms with E-state index in [1.54, 1.807) is 11.8 Å². The first-order valence-corrected chi connectivity index (χ1v) is 7.40. The van der Waals surface area contributed by atoms with Crippen molar-refractivity contribution >= 4 is 18.0 Å². The second kappa shape index (κ2) is 6.32. The molecule has 118 valence electrons. The van der Waals surface area contributed by atoms with Crippen LogP contribution in [-0.2, 0) is 14.3 Å². The third-order valence-electron chi connectivity index (χ3n) is 4.26. The summed E-state index contributed by atoms with van der Waals surface area (Å²) in [4.78, 5) is 38.6. The quantitative estimate of drug-likeness (QED) is 0.778. The number of aliphatic carboxylic acids is 1. The zero-order valence-electron chi connectivity index (χ0n) is 12.4. The summed E-state index contributed by atoms with van der Waals surface area (Å²) in [5.74, 6) is -1.85. The van der Waals surface area contributed by atoms with Crippen molar-refractivity contribution in [1.82, 2.24) is 9.80 Å². The predicted molar refractivity (Wildman–Crippen MR) is 73.6 cm³/mol. The summed E-state index contributed by atoms with van der Waals surface area (Å²) in [5.41, 5.74) is 0. The number of carbonyl (C=O) groups is 3. The Morgan fingerprint density at radius 1 is 1.29 bits per heavy atom. The number of carbonyl (C=O) groups excluding carboxylic acids is 2. The van der Waals surface area contributed by atoms with Crippen molar-refractivity contribution in [2.75, 3.05) is 26.2 Å². The highest BCUT2D eigenvalue weighted by molar-refractivity contribution is 5.85. The number of esters is 1. The van der Waals surface area contributed by atoms with Crippen LogP contribution in [0.25, 0.3) is 0 Å². The molecular weight excluding hydrogens is 276 g/mol. The molecule has 2 fully saturated rings. The van der Waals surface area contributed by atoms with E-state index in [1.807, 2.05) is 6.92 Å². The topological polar surface area (TPSA) is 87.2 Å². The molecule has 0 aromatic heterocycles. The molecule has 1 N–H and O–H groups in total. The van der Waals surface area contributed by atoms with Gasteiger partial charge in [-0.05, 0) is 25.7 Å². The molecule has 2 saturated heterocycles. The number of hydrogen-bond donors (Lipinski definition) is 1. The predicted octanol–water partition coefficient (Wildman–Crippen LogP) is 0.786. The van der Waals surface area contributed by atoms with Gasteiger partial charge in [0, 0.05) is 19.6 Å². The molecule has 2 aliphatic heterocycles. The smallest absolute Gasteiger partial charge is 0.328 e. The summed E-state index contributed by atoms with van der Waals surface area (Å²) in [5, 5.41) is 9.13. The Labute approximate surface area is 123 Å². The molecule has 0 radical (unpaired) electrons. The van der Waals surface area contributed by atoms with E-state index in [2.05, 4.69) is 0 Å². The monoisotopic (exact) mass is 298 g/mol. The van der Waals surface area contributed by atoms with Gasteiger partial charge in [-0.1, -0.05) is 6.92 Å². The van der Waals surface area contributed by atoms with Crippen molar-refractivity contribution in [3.05, 3.63) is 0 Å². The molecule has 1 unspecified atom stereocenters. The van der Waals surface area contributed by atoms with Gasteiger partial charge in [0.1, 0.15) is 6.04 Å². The van der Waals surface area contributed by atoms with Crippen molar-refractivity contribution in [3.8, 4) is 0 Å². The lowest BCUT2D eigenvalue weighted by Gasteiger charge is -2.28. The van der Waals surface area contributed by atoms with Crippen molar-refractivity contribution in [3.63, 3.8) is 0 Å². The number of rotatable bonds is 3. The average molecular weight is 298 g/mol. The van der Waals surface area contributed by atoms with Crippen LogP contribution < -0.4 is 0 Å². The molecular formula is C14H22N2O5. The van der Waals surface area contributed by atoms with E-state index in [9.17, 15) is 14.4 Å². The van der Waals surface area contributed by atoms with Crippen LogP contribution in [0.15, 0.2) is 0 Å². The zero-order valence-corrected chi connectivity index (χ0v) is 12.4. The highest BCUT2D eigenvalue weighted by Gasteiger charge is 2.42. The lowest BCUT2D eigenvalue weighted by molar-refractivity contribution is -0.147. The summed E-state index contributed by atoms with van der Waals surface area (Å²) in [6.45, 7) is 5.00. The standard InChI is InChI=1S/C14H22N2O5/c1-3-21-13(19)11-5-4-6-16(11)14(20)15-7-9(2)10(8-15)12(17)18/h9-11H,3-8H2,1-2H3,(H,17,18)/t9-,10-,11?/m1/s1. The second-order valence-electron chi connectivity index (χ2n) is 5.71. The van der Waals surface area contributed by atoms with Gasteiger partial charge in [-0.15, -0.1) is 0 Å². The van der Waals surface area contributed by atoms with Gasteiger partial charge >= 0.3 is 18.0 Å². The summed E-state index contributed by atoms with van der Waals surface area (Å²) < 4.78 is 5.00. The van der Waals surface area contributed by atoms with Crippen LogP contribution in [0.2, 0.25) is 0 Å². The number of nitrogens with zero attached hydrogens (tertiary/aromatic N) is 2. The molecule has 7 heteroatoms. The molecule has 3 atom stereocenters. The van der Waals surface area contributed by atoms with Gasteiger partial charge in [-0.25, -0.2) is 9.59 Å². The maximum Gasteiger partial charge on any atom is 0.328 e. The Balaban J connectivity index is 2.03. The van der Waals surface area contributed by atoms with Gasteiger partial charge in [0.25, 0.3) is 0 Å². The minimum Gasteiger partial charge on any atom is -0.481 e. The normalized spacial score (nSPS) is 28.8. The molecule has 0 bridgehead atoms. The van der Waals surface area contributed by atoms with Crippen molar-refractivity contribution in [2.45, 2.75) is 32.7 Å². The number of ether oxygens (including phenoxy) is 1. The fourth-order valence-corrected chi connectivity index (χ4v) is 3.11. The number of carboxylic acids is 1. The molecule has 0 aromatic rings. The third kappa shape index (κ3) is 3.11. The first-order valence-electron chi connectivity index (χ1n) is 7.40. The molecule has 2 aliphatic rings. The van der Waals surface area contributed by atoms with Gasteiger partial charge in [0.2, 0.25) is 0 Å². The van der Waals surface area contributed by atoms with Crippen LogP contribution in [0, 0.1) is 11.8 Å². The first kappa shape index (κ1) is 15.6. The van der Waals surface area contributed by atoms with Crippen LogP contribution in [0.3, 0.4) is 0 Å². The summed E-state index contributed by atoms with van der Waals surface area (Å²) in [6.07, 6.45) is 1.37. The number of likely N-dealkylation sites (tertiary alicyclic amines) is 2. The summed E-state index contributed by atoms with van der Waals surface area (Å²) in [6, 6.07) is -0.780. The lowest BCUT2D eigenvalue weighted by atomic mass is 9.99. The molecule has 0 spiro atoms. The number of urea groups is 1. The molecule has 7 nitrogen and oxygen atoms in total. The SMILES string of the molecule is CCOC(=O)C1CCCN1C(=O)N1C[C@@H](C)[C@H](C(=O)O)C1. The molecule has 2 rings (SSSR count). The van der Waals surface area contributed by atoms with Crippen LogP contribution in [0.5, 0.6) is 0 Å². The van der Waals surface area contributed by atoms with Crippen LogP contribution >= 0.6 is 0 Å². The molecule has 2 heterocycles. The Morgan fingerprint density at radius 3 is 2.57 bits per heavy atom. The van der Waals surface area contributed by atoms with Gasteiger partial charge < -0.3 is 19.6 Å². The highest BCUT2D eigenvalue weighted by atomic mass is 16.5. The molecule has 0 aliphatic carbocycles. The average Bonchev–Trinajstić information content (AvgIpc) is 3.04. The fourth-order valence-electron chi connectivity index (χ4n) is 3.11. The van der Waals surface area contributed by atoms with E-state index in [0.717, 1.165) is 6.42 Å². The van der Waals surface area contributed by atoms with E-state index in [0.29, 0.717) is 26.1 Å². The number of carboxylic acid groups (broad SMARTS) is 1. The third-order valence-corrected chi connectivity index (χ3v) is 4.26. The van der Waals surface area contributed by atoms with Crippen molar-refractivity contribution < 1.29 is 24.2 Å². The minimum atomic E-state index is -0.874. The van der Waals surface area contributed by atoms with Gasteiger partial charge in [-0.2, -0.15) is 0 Å². The number of amides is 2. The van der Waals surface area contributed by atoms with Crippen LogP contribution in [0.4, 0.5) is 4.79 Å². The maximum absolute atomic E-state index is 12.5. The molecule has 0 saturated carbocycles. The lowest BCUT2D eigenvalue weighted by Crippen LogP contribution is -2.48. The van der Waals surface area contributed by atoms with E-state index < -0.39 is 17.9 Å². The zero-order chi connectivity index (χ0) is 15.6. The molecule has 2 amide bonds. The van der Waals surface area contributed by atoms with Gasteiger partial charge in [-0.3, -0.25) is 4.79 Å². The van der Waals surface area contributed by atoms with E-state index in [1.165, 1.54) is 4.90 Å². The Morgan fingerprint density at radius 2 is 2.00 bits per heavy atom. The minimum absolute atomic E-state index is 0.0740. The Hall–Kier alpha value is -1.79. The summed E-state index contributed by atoms with van der Waals surface area (Å²) >= 11 is 0. The maximum atomic E-state index is 12.5. The molecule has 21 heavy (non-hydrogen) atoms. The van der Waals surface area contributed by atoms with E-state index in [-0.39, 0.29) is 24.5 Å². The Kier molecular flexibility index (Phi) is 4.69. The van der Waals surface area contributed by atoms with E-state index in [4.69, 9.17) is 9.84 Å². The van der Waals surface area contributed by atoms with Gasteiger partial charge in [0.15, 0.2) is 0 Å². The highest BCUT2D eigenvalue weighted by Crippen LogP contribution is 2.27. The molecule has 0 aromatic carbocycles. The first-order chi connectivity index (χ1) is 9.95. The number of hydrogen-bond acceptors (Lipinski definition) is 4. The Bertz CT molecular complexity index is 439. The van der Waals surface area contributed by atoms with Gasteiger partial charge in [0.05, 0.1) is 12.5 Å². The van der Waals surface area contributed by atoms with Crippen molar-refractivity contribution in [2.24, 2.45) is 11.8 Å². The van der Waals surface area contributed by atoms with Crippen molar-refractivity contribution in [1.29, 1.82) is 0 Å². The summed E-state index contributed by atoms with van der Waals surface area (Å²) in [7, 11) is 0. The van der Waals surface area contributed by atoms with Crippen LogP contribution in [-0.4, -0.2) is 65.2 Å². The second-order valence-corrected chi connectivity index (χ2v) is 5.71. The van der Waals surface area contributed by atoms with E-state index >= 15 is 0 Å². The van der Waals surface area contributed by atoms with Crippen LogP contribution in [0.1, 0.15) is 26.7 Å². The largest absolute Gasteiger partial charge is 0.481 e. The fraction of sp³-hybridized carbons (Fsp3) is 0.786.